The van der Waals surface area contributed by atoms with Crippen molar-refractivity contribution in [1.29, 1.82) is 0 Å². The molecule has 0 radical (unpaired) electrons. The molecule has 20 atom stereocenters. The number of sulfonamides is 4. The Kier molecular flexibility index (Phi) is 17.6. The normalized spacial score (nSPS) is 44.9. The molecule has 8 saturated carbocycles. The summed E-state index contributed by atoms with van der Waals surface area (Å²) in [6.45, 7) is 0. The fourth-order valence-electron chi connectivity index (χ4n) is 19.2. The lowest BCUT2D eigenvalue weighted by molar-refractivity contribution is 0.168. The van der Waals surface area contributed by atoms with Crippen molar-refractivity contribution < 1.29 is 33.7 Å². The molecule has 456 valence electrons. The van der Waals surface area contributed by atoms with Gasteiger partial charge in [-0.25, -0.2) is 52.6 Å². The number of rotatable bonds is 12. The number of nitrogens with one attached hydrogen (secondary N) is 12. The van der Waals surface area contributed by atoms with Crippen molar-refractivity contribution in [2.75, 3.05) is 0 Å². The Hall–Kier alpha value is -0.680. The van der Waals surface area contributed by atoms with Crippen LogP contribution in [0.5, 0.6) is 0 Å². The first-order chi connectivity index (χ1) is 38.5. The van der Waals surface area contributed by atoms with Crippen LogP contribution in [0.1, 0.15) is 205 Å². The standard InChI is InChI=1S/C56H100N12O8S4/c69-77(70,65-33-13-5-1-6-14-33)37-21-25-41-45(29-37)53-58-49(41)57-50-42-26-22-39(79(73,74)67-35-17-9-3-10-18-35)31-47(42)55(59-50)64-56-48-32-40(80(75,76)68-36-19-11-4-12-20-36)24-28-44(48)52(63-56)62-54-46-30-38(23-27-43(46)51(60-53)61-54)78(71,72)66-34-15-7-2-8-16-34/h33-68H,1-32H2. The van der Waals surface area contributed by atoms with E-state index in [2.05, 4.69) is 61.4 Å². The molecule has 0 amide bonds. The van der Waals surface area contributed by atoms with Gasteiger partial charge in [0.2, 0.25) is 40.1 Å². The van der Waals surface area contributed by atoms with E-state index in [1.165, 1.54) is 0 Å². The first kappa shape index (κ1) is 58.3. The van der Waals surface area contributed by atoms with Crippen LogP contribution in [-0.2, 0) is 40.1 Å². The third-order valence-electron chi connectivity index (χ3n) is 23.4. The lowest BCUT2D eigenvalue weighted by Gasteiger charge is -2.39. The van der Waals surface area contributed by atoms with Crippen LogP contribution in [-0.4, -0.2) is 128 Å². The Morgan fingerprint density at radius 1 is 0.212 bits per heavy atom. The van der Waals surface area contributed by atoms with Gasteiger partial charge in [-0.15, -0.1) is 0 Å². The minimum absolute atomic E-state index is 0.0103. The van der Waals surface area contributed by atoms with E-state index in [1.54, 1.807) is 0 Å². The molecule has 13 rings (SSSR count). The highest BCUT2D eigenvalue weighted by molar-refractivity contribution is 7.91. The first-order valence-corrected chi connectivity index (χ1v) is 38.8. The van der Waals surface area contributed by atoms with E-state index in [0.29, 0.717) is 57.8 Å². The van der Waals surface area contributed by atoms with E-state index >= 15 is 0 Å². The summed E-state index contributed by atoms with van der Waals surface area (Å²) >= 11 is 0. The third kappa shape index (κ3) is 12.3. The maximum atomic E-state index is 14.4. The van der Waals surface area contributed by atoms with Gasteiger partial charge in [-0.1, -0.05) is 77.0 Å². The second kappa shape index (κ2) is 24.1. The molecule has 13 fully saturated rings. The number of fused-ring (bicyclic) bond motifs is 20. The molecule has 12 N–H and O–H groups in total. The maximum absolute atomic E-state index is 14.4. The second-order valence-corrected chi connectivity index (χ2v) is 36.2. The Morgan fingerprint density at radius 3 is 0.575 bits per heavy atom. The van der Waals surface area contributed by atoms with Crippen molar-refractivity contribution in [1.82, 2.24) is 61.4 Å². The molecule has 8 aliphatic carbocycles. The van der Waals surface area contributed by atoms with Gasteiger partial charge < -0.3 is 0 Å². The van der Waals surface area contributed by atoms with E-state index in [1.807, 2.05) is 0 Å². The molecule has 20 nitrogen and oxygen atoms in total. The Labute approximate surface area is 479 Å². The highest BCUT2D eigenvalue weighted by Crippen LogP contribution is 2.48. The van der Waals surface area contributed by atoms with Gasteiger partial charge in [-0.3, -0.25) is 42.5 Å². The molecule has 80 heavy (non-hydrogen) atoms. The van der Waals surface area contributed by atoms with Crippen LogP contribution < -0.4 is 61.4 Å². The molecule has 5 heterocycles. The highest BCUT2D eigenvalue weighted by atomic mass is 32.2. The molecular formula is C56H100N12O8S4. The van der Waals surface area contributed by atoms with Crippen molar-refractivity contribution in [3.63, 3.8) is 0 Å². The highest BCUT2D eigenvalue weighted by Gasteiger charge is 2.58. The lowest BCUT2D eigenvalue weighted by atomic mass is 9.76. The summed E-state index contributed by atoms with van der Waals surface area (Å²) in [5.41, 5.74) is 0. The van der Waals surface area contributed by atoms with Crippen LogP contribution in [0, 0.1) is 47.3 Å². The molecule has 24 heteroatoms. The Morgan fingerprint density at radius 2 is 0.388 bits per heavy atom. The summed E-state index contributed by atoms with van der Waals surface area (Å²) in [5, 5.41) is 30.5. The van der Waals surface area contributed by atoms with Crippen molar-refractivity contribution >= 4 is 40.1 Å². The van der Waals surface area contributed by atoms with Crippen LogP contribution in [0.2, 0.25) is 0 Å². The maximum Gasteiger partial charge on any atom is 0.214 e. The fourth-order valence-corrected chi connectivity index (χ4v) is 26.4. The molecular weight excluding hydrogens is 1100 g/mol. The van der Waals surface area contributed by atoms with Crippen LogP contribution in [0.15, 0.2) is 0 Å². The topological polar surface area (TPSA) is 281 Å². The van der Waals surface area contributed by atoms with Gasteiger partial charge in [-0.05, 0) is 176 Å². The van der Waals surface area contributed by atoms with Gasteiger partial charge >= 0.3 is 0 Å². The zero-order valence-corrected chi connectivity index (χ0v) is 50.6. The second-order valence-electron chi connectivity index (χ2n) is 28.2. The quantitative estimate of drug-likeness (QED) is 0.133. The van der Waals surface area contributed by atoms with Crippen molar-refractivity contribution in [2.45, 2.75) is 300 Å². The average Bonchev–Trinajstić information content (AvgIpc) is 4.31. The summed E-state index contributed by atoms with van der Waals surface area (Å²) in [7, 11) is -14.4. The summed E-state index contributed by atoms with van der Waals surface area (Å²) in [5.74, 6) is 0.236. The molecule has 0 aromatic carbocycles. The molecule has 5 aliphatic heterocycles. The van der Waals surface area contributed by atoms with Crippen LogP contribution in [0.4, 0.5) is 0 Å². The predicted octanol–water partition coefficient (Wildman–Crippen LogP) is 3.53. The number of hydrogen-bond donors (Lipinski definition) is 12. The molecule has 13 aliphatic rings. The largest absolute Gasteiger partial charge is 0.286 e. The van der Waals surface area contributed by atoms with E-state index in [0.717, 1.165) is 148 Å². The summed E-state index contributed by atoms with van der Waals surface area (Å²) in [6.07, 6.45) is 25.2. The van der Waals surface area contributed by atoms with Gasteiger partial charge in [0.15, 0.2) is 0 Å². The minimum atomic E-state index is -3.62. The smallest absolute Gasteiger partial charge is 0.214 e. The van der Waals surface area contributed by atoms with Crippen molar-refractivity contribution in [3.05, 3.63) is 0 Å². The van der Waals surface area contributed by atoms with Gasteiger partial charge in [-0.2, -0.15) is 0 Å². The Balaban J connectivity index is 0.822. The number of hydrogen-bond acceptors (Lipinski definition) is 16. The molecule has 20 unspecified atom stereocenters. The van der Waals surface area contributed by atoms with E-state index in [4.69, 9.17) is 0 Å². The summed E-state index contributed by atoms with van der Waals surface area (Å²) in [6, 6.07) is -0.0836. The first-order valence-electron chi connectivity index (χ1n) is 32.7. The van der Waals surface area contributed by atoms with E-state index in [-0.39, 0.29) is 121 Å². The fraction of sp³-hybridized carbons (Fsp3) is 1.00. The minimum Gasteiger partial charge on any atom is -0.286 e. The molecule has 0 spiro atoms. The zero-order valence-electron chi connectivity index (χ0n) is 47.4. The molecule has 0 aromatic heterocycles. The van der Waals surface area contributed by atoms with Crippen molar-refractivity contribution in [3.8, 4) is 0 Å². The third-order valence-corrected chi connectivity index (χ3v) is 31.3. The SMILES string of the molecule is O=S(=O)(NC1CCCCC1)C1CCC2C3NC4NC(NC5NC(NC6NC(NC(N3)C2C1)C1CCC(S(=O)(=O)NC2CCCCC2)CC61)C1CCC(S(=O)(=O)NC2CCCCC2)CC51)C1CC(S(=O)(=O)NC2CCCCC2)CCC41. The molecule has 8 bridgehead atoms. The van der Waals surface area contributed by atoms with Gasteiger partial charge in [0.1, 0.15) is 0 Å². The molecule has 0 aromatic rings. The summed E-state index contributed by atoms with van der Waals surface area (Å²) in [4.78, 5) is 0. The van der Waals surface area contributed by atoms with Gasteiger partial charge in [0, 0.05) is 24.2 Å². The van der Waals surface area contributed by atoms with E-state index in [9.17, 15) is 33.7 Å². The van der Waals surface area contributed by atoms with Crippen LogP contribution in [0.3, 0.4) is 0 Å². The summed E-state index contributed by atoms with van der Waals surface area (Å²) < 4.78 is 128. The zero-order chi connectivity index (χ0) is 55.0. The lowest BCUT2D eigenvalue weighted by Crippen LogP contribution is -2.61. The average molecular weight is 1200 g/mol. The molecule has 5 saturated heterocycles. The van der Waals surface area contributed by atoms with Crippen LogP contribution >= 0.6 is 0 Å². The van der Waals surface area contributed by atoms with E-state index < -0.39 is 61.1 Å². The van der Waals surface area contributed by atoms with Crippen molar-refractivity contribution in [2.24, 2.45) is 47.3 Å². The van der Waals surface area contributed by atoms with Crippen LogP contribution in [0.25, 0.3) is 0 Å². The van der Waals surface area contributed by atoms with Gasteiger partial charge in [0.05, 0.1) is 70.3 Å². The monoisotopic (exact) mass is 1200 g/mol. The van der Waals surface area contributed by atoms with Gasteiger partial charge in [0.25, 0.3) is 0 Å². The predicted molar refractivity (Wildman–Crippen MR) is 310 cm³/mol. The Bertz CT molecular complexity index is 2600.